The predicted molar refractivity (Wildman–Crippen MR) is 55.4 cm³/mol. The summed E-state index contributed by atoms with van der Waals surface area (Å²) < 4.78 is 5.11. The van der Waals surface area contributed by atoms with Crippen molar-refractivity contribution in [2.45, 2.75) is 6.92 Å². The third-order valence-electron chi connectivity index (χ3n) is 1.36. The van der Waals surface area contributed by atoms with Crippen molar-refractivity contribution in [3.05, 3.63) is 42.5 Å². The van der Waals surface area contributed by atoms with E-state index in [-0.39, 0.29) is 0 Å². The largest absolute Gasteiger partial charge is 0.479 e. The fourth-order valence-corrected chi connectivity index (χ4v) is 0.792. The summed E-state index contributed by atoms with van der Waals surface area (Å²) in [6.07, 6.45) is 1.45. The number of ether oxygens (including phenoxy) is 1. The Kier molecular flexibility index (Phi) is 3.76. The molecule has 1 aromatic rings. The molecule has 0 aromatic heterocycles. The molecule has 0 aliphatic heterocycles. The minimum atomic E-state index is 0.524. The maximum Gasteiger partial charge on any atom is 0.174 e. The average Bonchev–Trinajstić information content (AvgIpc) is 2.14. The Labute approximate surface area is 78.6 Å². The molecule has 1 rings (SSSR count). The summed E-state index contributed by atoms with van der Waals surface area (Å²) in [6.45, 7) is 6.15. The SMILES string of the molecule is C=C(C)COC=Nc1ccccc1. The van der Waals surface area contributed by atoms with Gasteiger partial charge in [-0.15, -0.1) is 0 Å². The van der Waals surface area contributed by atoms with Gasteiger partial charge in [0.25, 0.3) is 0 Å². The summed E-state index contributed by atoms with van der Waals surface area (Å²) in [7, 11) is 0. The van der Waals surface area contributed by atoms with E-state index in [1.165, 1.54) is 6.40 Å². The maximum atomic E-state index is 5.11. The number of benzene rings is 1. The molecule has 0 saturated carbocycles. The lowest BCUT2D eigenvalue weighted by atomic mass is 10.3. The van der Waals surface area contributed by atoms with Gasteiger partial charge in [0.1, 0.15) is 6.61 Å². The van der Waals surface area contributed by atoms with E-state index in [4.69, 9.17) is 4.74 Å². The number of para-hydroxylation sites is 1. The van der Waals surface area contributed by atoms with Gasteiger partial charge in [-0.1, -0.05) is 24.8 Å². The fraction of sp³-hybridized carbons (Fsp3) is 0.182. The lowest BCUT2D eigenvalue weighted by molar-refractivity contribution is 0.357. The smallest absolute Gasteiger partial charge is 0.174 e. The van der Waals surface area contributed by atoms with Crippen molar-refractivity contribution in [1.29, 1.82) is 0 Å². The molecule has 0 atom stereocenters. The van der Waals surface area contributed by atoms with E-state index in [1.807, 2.05) is 37.3 Å². The summed E-state index contributed by atoms with van der Waals surface area (Å²) in [5, 5.41) is 0. The first-order chi connectivity index (χ1) is 6.29. The van der Waals surface area contributed by atoms with Crippen molar-refractivity contribution >= 4 is 12.1 Å². The second-order valence-corrected chi connectivity index (χ2v) is 2.84. The van der Waals surface area contributed by atoms with E-state index in [0.717, 1.165) is 11.3 Å². The van der Waals surface area contributed by atoms with Crippen LogP contribution in [0.15, 0.2) is 47.5 Å². The highest BCUT2D eigenvalue weighted by Gasteiger charge is 1.84. The van der Waals surface area contributed by atoms with E-state index in [2.05, 4.69) is 11.6 Å². The zero-order chi connectivity index (χ0) is 9.52. The number of nitrogens with zero attached hydrogens (tertiary/aromatic N) is 1. The summed E-state index contributed by atoms with van der Waals surface area (Å²) >= 11 is 0. The van der Waals surface area contributed by atoms with Crippen molar-refractivity contribution in [3.63, 3.8) is 0 Å². The molecule has 0 aliphatic rings. The van der Waals surface area contributed by atoms with Gasteiger partial charge in [-0.3, -0.25) is 0 Å². The van der Waals surface area contributed by atoms with Crippen LogP contribution in [0, 0.1) is 0 Å². The highest BCUT2D eigenvalue weighted by atomic mass is 16.5. The molecule has 0 spiro atoms. The highest BCUT2D eigenvalue weighted by Crippen LogP contribution is 2.08. The number of aliphatic imine (C=N–C) groups is 1. The lowest BCUT2D eigenvalue weighted by Gasteiger charge is -1.97. The molecular formula is C11H13NO. The molecule has 0 aliphatic carbocycles. The van der Waals surface area contributed by atoms with Crippen molar-refractivity contribution in [3.8, 4) is 0 Å². The van der Waals surface area contributed by atoms with Crippen LogP contribution in [0.25, 0.3) is 0 Å². The van der Waals surface area contributed by atoms with E-state index < -0.39 is 0 Å². The monoisotopic (exact) mass is 175 g/mol. The van der Waals surface area contributed by atoms with Crippen LogP contribution in [0.2, 0.25) is 0 Å². The minimum Gasteiger partial charge on any atom is -0.479 e. The summed E-state index contributed by atoms with van der Waals surface area (Å²) in [5.74, 6) is 0. The fourth-order valence-electron chi connectivity index (χ4n) is 0.792. The van der Waals surface area contributed by atoms with Crippen molar-refractivity contribution in [1.82, 2.24) is 0 Å². The van der Waals surface area contributed by atoms with Gasteiger partial charge < -0.3 is 4.74 Å². The van der Waals surface area contributed by atoms with Crippen LogP contribution in [0.3, 0.4) is 0 Å². The average molecular weight is 175 g/mol. The Morgan fingerprint density at radius 2 is 2.15 bits per heavy atom. The molecule has 0 fully saturated rings. The number of hydrogen-bond acceptors (Lipinski definition) is 2. The van der Waals surface area contributed by atoms with Crippen LogP contribution >= 0.6 is 0 Å². The number of hydrogen-bond donors (Lipinski definition) is 0. The highest BCUT2D eigenvalue weighted by molar-refractivity contribution is 5.55. The Morgan fingerprint density at radius 1 is 1.46 bits per heavy atom. The second kappa shape index (κ2) is 5.14. The second-order valence-electron chi connectivity index (χ2n) is 2.84. The Hall–Kier alpha value is -1.57. The summed E-state index contributed by atoms with van der Waals surface area (Å²) in [5.41, 5.74) is 1.88. The quantitative estimate of drug-likeness (QED) is 0.391. The molecule has 0 saturated heterocycles. The maximum absolute atomic E-state index is 5.11. The molecule has 13 heavy (non-hydrogen) atoms. The predicted octanol–water partition coefficient (Wildman–Crippen LogP) is 2.94. The molecule has 1 aromatic carbocycles. The van der Waals surface area contributed by atoms with Gasteiger partial charge in [-0.05, 0) is 24.6 Å². The third-order valence-corrected chi connectivity index (χ3v) is 1.36. The van der Waals surface area contributed by atoms with E-state index >= 15 is 0 Å². The van der Waals surface area contributed by atoms with Crippen LogP contribution in [0.5, 0.6) is 0 Å². The molecule has 0 radical (unpaired) electrons. The topological polar surface area (TPSA) is 21.6 Å². The van der Waals surface area contributed by atoms with Gasteiger partial charge >= 0.3 is 0 Å². The first-order valence-corrected chi connectivity index (χ1v) is 4.12. The van der Waals surface area contributed by atoms with Crippen LogP contribution < -0.4 is 0 Å². The van der Waals surface area contributed by atoms with Crippen molar-refractivity contribution in [2.75, 3.05) is 6.61 Å². The molecule has 0 heterocycles. The van der Waals surface area contributed by atoms with Gasteiger partial charge in [0.2, 0.25) is 0 Å². The van der Waals surface area contributed by atoms with E-state index in [1.54, 1.807) is 0 Å². The molecule has 68 valence electrons. The van der Waals surface area contributed by atoms with Crippen molar-refractivity contribution < 1.29 is 4.74 Å². The molecule has 0 amide bonds. The molecule has 0 unspecified atom stereocenters. The molecule has 0 bridgehead atoms. The first-order valence-electron chi connectivity index (χ1n) is 4.12. The summed E-state index contributed by atoms with van der Waals surface area (Å²) in [6, 6.07) is 9.66. The van der Waals surface area contributed by atoms with E-state index in [0.29, 0.717) is 6.61 Å². The molecular weight excluding hydrogens is 162 g/mol. The normalized spacial score (nSPS) is 10.2. The zero-order valence-electron chi connectivity index (χ0n) is 7.73. The Bertz CT molecular complexity index is 290. The van der Waals surface area contributed by atoms with Crippen molar-refractivity contribution in [2.24, 2.45) is 4.99 Å². The van der Waals surface area contributed by atoms with Crippen LogP contribution in [0.4, 0.5) is 5.69 Å². The van der Waals surface area contributed by atoms with Crippen LogP contribution in [-0.4, -0.2) is 13.0 Å². The van der Waals surface area contributed by atoms with E-state index in [9.17, 15) is 0 Å². The molecule has 2 nitrogen and oxygen atoms in total. The van der Waals surface area contributed by atoms with Crippen LogP contribution in [-0.2, 0) is 4.74 Å². The standard InChI is InChI=1S/C11H13NO/c1-10(2)8-13-9-12-11-6-4-3-5-7-11/h3-7,9H,1,8H2,2H3. The minimum absolute atomic E-state index is 0.524. The third kappa shape index (κ3) is 4.11. The zero-order valence-corrected chi connectivity index (χ0v) is 7.73. The summed E-state index contributed by atoms with van der Waals surface area (Å²) in [4.78, 5) is 4.09. The van der Waals surface area contributed by atoms with Gasteiger partial charge in [0, 0.05) is 0 Å². The Morgan fingerprint density at radius 3 is 2.77 bits per heavy atom. The molecule has 2 heteroatoms. The first kappa shape index (κ1) is 9.52. The molecule has 0 N–H and O–H groups in total. The van der Waals surface area contributed by atoms with Crippen LogP contribution in [0.1, 0.15) is 6.92 Å². The van der Waals surface area contributed by atoms with Gasteiger partial charge in [-0.2, -0.15) is 0 Å². The lowest BCUT2D eigenvalue weighted by Crippen LogP contribution is -1.90. The van der Waals surface area contributed by atoms with Gasteiger partial charge in [-0.25, -0.2) is 4.99 Å². The van der Waals surface area contributed by atoms with Gasteiger partial charge in [0.05, 0.1) is 5.69 Å². The van der Waals surface area contributed by atoms with Gasteiger partial charge in [0.15, 0.2) is 6.40 Å². The number of rotatable bonds is 4. The Balaban J connectivity index is 2.37.